The SMILES string of the molecule is C=C1CC=C(C2C[C@H](CO)[C@@H](O)[C@H]2O)C(=O)N1. The van der Waals surface area contributed by atoms with Gasteiger partial charge in [-0.15, -0.1) is 0 Å². The minimum Gasteiger partial charge on any atom is -0.396 e. The van der Waals surface area contributed by atoms with E-state index in [1.807, 2.05) is 0 Å². The summed E-state index contributed by atoms with van der Waals surface area (Å²) in [6.45, 7) is 3.48. The lowest BCUT2D eigenvalue weighted by Crippen LogP contribution is -2.35. The normalized spacial score (nSPS) is 37.9. The number of amides is 1. The minimum absolute atomic E-state index is 0.184. The fraction of sp³-hybridized carbons (Fsp3) is 0.583. The highest BCUT2D eigenvalue weighted by Gasteiger charge is 2.44. The van der Waals surface area contributed by atoms with Crippen molar-refractivity contribution in [2.45, 2.75) is 25.0 Å². The highest BCUT2D eigenvalue weighted by Crippen LogP contribution is 2.37. The Morgan fingerprint density at radius 1 is 1.41 bits per heavy atom. The molecule has 4 atom stereocenters. The van der Waals surface area contributed by atoms with Crippen LogP contribution in [0.15, 0.2) is 23.9 Å². The molecule has 5 heteroatoms. The first-order chi connectivity index (χ1) is 8.04. The summed E-state index contributed by atoms with van der Waals surface area (Å²) in [4.78, 5) is 11.7. The number of hydrogen-bond donors (Lipinski definition) is 4. The van der Waals surface area contributed by atoms with E-state index < -0.39 is 18.1 Å². The maximum absolute atomic E-state index is 11.7. The van der Waals surface area contributed by atoms with Gasteiger partial charge in [0.25, 0.3) is 5.91 Å². The highest BCUT2D eigenvalue weighted by atomic mass is 16.3. The molecular formula is C12H17NO4. The van der Waals surface area contributed by atoms with Gasteiger partial charge in [0.1, 0.15) is 0 Å². The van der Waals surface area contributed by atoms with Crippen LogP contribution in [0.5, 0.6) is 0 Å². The van der Waals surface area contributed by atoms with Gasteiger partial charge in [-0.2, -0.15) is 0 Å². The third kappa shape index (κ3) is 2.13. The Hall–Kier alpha value is -1.17. The van der Waals surface area contributed by atoms with E-state index in [0.717, 1.165) is 0 Å². The molecule has 1 fully saturated rings. The lowest BCUT2D eigenvalue weighted by molar-refractivity contribution is -0.118. The number of allylic oxidation sites excluding steroid dienone is 1. The molecule has 0 aromatic rings. The quantitative estimate of drug-likeness (QED) is 0.513. The number of rotatable bonds is 2. The molecule has 0 aromatic carbocycles. The molecule has 1 aliphatic carbocycles. The Labute approximate surface area is 99.5 Å². The molecule has 1 unspecified atom stereocenters. The van der Waals surface area contributed by atoms with E-state index >= 15 is 0 Å². The molecule has 5 nitrogen and oxygen atoms in total. The minimum atomic E-state index is -0.990. The van der Waals surface area contributed by atoms with Crippen LogP contribution in [0.4, 0.5) is 0 Å². The van der Waals surface area contributed by atoms with Gasteiger partial charge in [0.05, 0.1) is 12.2 Å². The Bertz CT molecular complexity index is 377. The standard InChI is InChI=1S/C12H17NO4/c1-6-2-3-8(12(17)13-6)9-4-7(5-14)10(15)11(9)16/h3,7,9-11,14-16H,1-2,4-5H2,(H,13,17)/t7-,9?,10-,11+/m1/s1. The first-order valence-electron chi connectivity index (χ1n) is 5.70. The third-order valence-corrected chi connectivity index (χ3v) is 3.56. The van der Waals surface area contributed by atoms with Gasteiger partial charge in [-0.25, -0.2) is 0 Å². The molecule has 1 saturated carbocycles. The number of nitrogens with one attached hydrogen (secondary N) is 1. The number of hydrogen-bond acceptors (Lipinski definition) is 4. The average Bonchev–Trinajstić information content (AvgIpc) is 2.57. The Morgan fingerprint density at radius 2 is 2.12 bits per heavy atom. The summed E-state index contributed by atoms with van der Waals surface area (Å²) >= 11 is 0. The third-order valence-electron chi connectivity index (χ3n) is 3.56. The smallest absolute Gasteiger partial charge is 0.251 e. The van der Waals surface area contributed by atoms with Crippen LogP contribution in [0, 0.1) is 11.8 Å². The van der Waals surface area contributed by atoms with Crippen molar-refractivity contribution >= 4 is 5.91 Å². The van der Waals surface area contributed by atoms with Gasteiger partial charge in [-0.1, -0.05) is 12.7 Å². The van der Waals surface area contributed by atoms with E-state index in [0.29, 0.717) is 24.1 Å². The molecule has 0 bridgehead atoms. The van der Waals surface area contributed by atoms with Gasteiger partial charge in [0, 0.05) is 36.1 Å². The van der Waals surface area contributed by atoms with Crippen molar-refractivity contribution in [2.24, 2.45) is 11.8 Å². The molecule has 0 saturated heterocycles. The topological polar surface area (TPSA) is 89.8 Å². The lowest BCUT2D eigenvalue weighted by Gasteiger charge is -2.23. The molecule has 1 amide bonds. The number of aliphatic hydroxyl groups excluding tert-OH is 3. The predicted molar refractivity (Wildman–Crippen MR) is 60.7 cm³/mol. The van der Waals surface area contributed by atoms with Gasteiger partial charge in [0.2, 0.25) is 0 Å². The van der Waals surface area contributed by atoms with Crippen molar-refractivity contribution < 1.29 is 20.1 Å². The number of aliphatic hydroxyl groups is 3. The highest BCUT2D eigenvalue weighted by molar-refractivity contribution is 5.96. The molecule has 94 valence electrons. The van der Waals surface area contributed by atoms with E-state index in [-0.39, 0.29) is 18.4 Å². The zero-order valence-electron chi connectivity index (χ0n) is 9.47. The Kier molecular flexibility index (Phi) is 3.33. The summed E-state index contributed by atoms with van der Waals surface area (Å²) in [6.07, 6.45) is 0.746. The summed E-state index contributed by atoms with van der Waals surface area (Å²) in [5.74, 6) is -1.04. The van der Waals surface area contributed by atoms with Crippen LogP contribution in [0.3, 0.4) is 0 Å². The number of carbonyl (C=O) groups is 1. The fourth-order valence-electron chi connectivity index (χ4n) is 2.54. The molecule has 4 N–H and O–H groups in total. The van der Waals surface area contributed by atoms with E-state index in [1.165, 1.54) is 0 Å². The molecule has 17 heavy (non-hydrogen) atoms. The maximum Gasteiger partial charge on any atom is 0.251 e. The van der Waals surface area contributed by atoms with Crippen molar-refractivity contribution in [3.8, 4) is 0 Å². The van der Waals surface area contributed by atoms with Gasteiger partial charge < -0.3 is 20.6 Å². The van der Waals surface area contributed by atoms with Crippen molar-refractivity contribution in [1.82, 2.24) is 5.32 Å². The second kappa shape index (κ2) is 4.60. The molecular weight excluding hydrogens is 222 g/mol. The van der Waals surface area contributed by atoms with Crippen LogP contribution in [-0.2, 0) is 4.79 Å². The van der Waals surface area contributed by atoms with Crippen LogP contribution >= 0.6 is 0 Å². The first kappa shape index (κ1) is 12.3. The van der Waals surface area contributed by atoms with E-state index in [2.05, 4.69) is 11.9 Å². The summed E-state index contributed by atoms with van der Waals surface area (Å²) in [5, 5.41) is 31.3. The fourth-order valence-corrected chi connectivity index (χ4v) is 2.54. The van der Waals surface area contributed by atoms with Crippen molar-refractivity contribution in [1.29, 1.82) is 0 Å². The Balaban J connectivity index is 2.18. The monoisotopic (exact) mass is 239 g/mol. The molecule has 0 aromatic heterocycles. The van der Waals surface area contributed by atoms with Crippen molar-refractivity contribution in [3.05, 3.63) is 23.9 Å². The Morgan fingerprint density at radius 3 is 2.65 bits per heavy atom. The zero-order valence-corrected chi connectivity index (χ0v) is 9.47. The van der Waals surface area contributed by atoms with Gasteiger partial charge in [-0.3, -0.25) is 4.79 Å². The molecule has 0 radical (unpaired) electrons. The lowest BCUT2D eigenvalue weighted by atomic mass is 9.91. The first-order valence-corrected chi connectivity index (χ1v) is 5.70. The van der Waals surface area contributed by atoms with Crippen molar-refractivity contribution in [3.63, 3.8) is 0 Å². The van der Waals surface area contributed by atoms with E-state index in [4.69, 9.17) is 5.11 Å². The second-order valence-corrected chi connectivity index (χ2v) is 4.69. The van der Waals surface area contributed by atoms with Gasteiger partial charge >= 0.3 is 0 Å². The van der Waals surface area contributed by atoms with Crippen LogP contribution in [-0.4, -0.2) is 40.0 Å². The van der Waals surface area contributed by atoms with Gasteiger partial charge in [-0.05, 0) is 6.42 Å². The maximum atomic E-state index is 11.7. The van der Waals surface area contributed by atoms with E-state index in [1.54, 1.807) is 6.08 Å². The molecule has 1 aliphatic heterocycles. The zero-order chi connectivity index (χ0) is 12.6. The summed E-state index contributed by atoms with van der Waals surface area (Å²) < 4.78 is 0. The van der Waals surface area contributed by atoms with E-state index in [9.17, 15) is 15.0 Å². The average molecular weight is 239 g/mol. The summed E-state index contributed by atoms with van der Waals surface area (Å²) in [6, 6.07) is 0. The van der Waals surface area contributed by atoms with Crippen LogP contribution in [0.2, 0.25) is 0 Å². The largest absolute Gasteiger partial charge is 0.396 e. The van der Waals surface area contributed by atoms with Crippen LogP contribution in [0.25, 0.3) is 0 Å². The molecule has 2 aliphatic rings. The van der Waals surface area contributed by atoms with Crippen LogP contribution in [0.1, 0.15) is 12.8 Å². The summed E-state index contributed by atoms with van der Waals surface area (Å²) in [5.41, 5.74) is 1.12. The second-order valence-electron chi connectivity index (χ2n) is 4.69. The van der Waals surface area contributed by atoms with Gasteiger partial charge in [0.15, 0.2) is 0 Å². The molecule has 1 heterocycles. The molecule has 2 rings (SSSR count). The molecule has 0 spiro atoms. The predicted octanol–water partition coefficient (Wildman–Crippen LogP) is -0.703. The van der Waals surface area contributed by atoms with Crippen molar-refractivity contribution in [2.75, 3.05) is 6.61 Å². The summed E-state index contributed by atoms with van der Waals surface area (Å²) in [7, 11) is 0. The number of carbonyl (C=O) groups excluding carboxylic acids is 1. The van der Waals surface area contributed by atoms with Crippen LogP contribution < -0.4 is 5.32 Å².